The zero-order chi connectivity index (χ0) is 14.0. The summed E-state index contributed by atoms with van der Waals surface area (Å²) in [5.41, 5.74) is 0. The average molecular weight is 405 g/mol. The molecule has 1 aliphatic rings. The van der Waals surface area contributed by atoms with Crippen molar-refractivity contribution in [3.05, 3.63) is 24.2 Å². The molecule has 2 N–H and O–H groups in total. The Labute approximate surface area is 145 Å². The monoisotopic (exact) mass is 405 g/mol. The summed E-state index contributed by atoms with van der Waals surface area (Å²) in [5, 5.41) is 6.70. The van der Waals surface area contributed by atoms with Crippen LogP contribution in [0.25, 0.3) is 0 Å². The molecular weight excluding hydrogens is 377 g/mol. The van der Waals surface area contributed by atoms with Gasteiger partial charge in [-0.1, -0.05) is 25.7 Å². The Kier molecular flexibility index (Phi) is 9.54. The predicted molar refractivity (Wildman–Crippen MR) is 98.4 cm³/mol. The fraction of sp³-hybridized carbons (Fsp3) is 0.688. The lowest BCUT2D eigenvalue weighted by molar-refractivity contribution is 0.481. The quantitative estimate of drug-likeness (QED) is 0.316. The number of rotatable bonds is 7. The number of guanidine groups is 1. The minimum absolute atomic E-state index is 0. The first-order valence-corrected chi connectivity index (χ1v) is 7.85. The van der Waals surface area contributed by atoms with Gasteiger partial charge >= 0.3 is 0 Å². The highest BCUT2D eigenvalue weighted by atomic mass is 127. The number of nitrogens with one attached hydrogen (secondary N) is 2. The van der Waals surface area contributed by atoms with Gasteiger partial charge in [-0.25, -0.2) is 0 Å². The third kappa shape index (κ3) is 7.20. The molecule has 1 aromatic heterocycles. The maximum absolute atomic E-state index is 5.30. The number of nitrogens with zero attached hydrogens (tertiary/aromatic N) is 1. The van der Waals surface area contributed by atoms with Crippen LogP contribution in [0.4, 0.5) is 0 Å². The molecule has 0 unspecified atom stereocenters. The maximum Gasteiger partial charge on any atom is 0.190 e. The summed E-state index contributed by atoms with van der Waals surface area (Å²) in [6.07, 6.45) is 11.0. The summed E-state index contributed by atoms with van der Waals surface area (Å²) in [7, 11) is 1.82. The largest absolute Gasteiger partial charge is 0.469 e. The van der Waals surface area contributed by atoms with Crippen LogP contribution in [0.2, 0.25) is 0 Å². The van der Waals surface area contributed by atoms with Crippen molar-refractivity contribution in [1.82, 2.24) is 10.6 Å². The highest BCUT2D eigenvalue weighted by Crippen LogP contribution is 2.28. The molecule has 1 heterocycles. The first-order chi connectivity index (χ1) is 9.88. The second kappa shape index (κ2) is 10.9. The molecule has 0 bridgehead atoms. The molecular formula is C16H28IN3O. The normalized spacial score (nSPS) is 15.8. The van der Waals surface area contributed by atoms with Crippen molar-refractivity contribution in [2.45, 2.75) is 44.9 Å². The van der Waals surface area contributed by atoms with Gasteiger partial charge in [-0.05, 0) is 30.9 Å². The summed E-state index contributed by atoms with van der Waals surface area (Å²) in [5.74, 6) is 2.88. The number of aliphatic imine (C=N–C) groups is 1. The fourth-order valence-electron chi connectivity index (χ4n) is 2.88. The molecule has 4 nitrogen and oxygen atoms in total. The van der Waals surface area contributed by atoms with Crippen LogP contribution in [-0.2, 0) is 6.42 Å². The van der Waals surface area contributed by atoms with Gasteiger partial charge in [-0.2, -0.15) is 0 Å². The van der Waals surface area contributed by atoms with E-state index in [0.717, 1.165) is 37.1 Å². The number of halogens is 1. The first-order valence-electron chi connectivity index (χ1n) is 7.85. The van der Waals surface area contributed by atoms with E-state index in [1.165, 1.54) is 38.5 Å². The molecule has 2 rings (SSSR count). The molecule has 1 aliphatic carbocycles. The van der Waals surface area contributed by atoms with Gasteiger partial charge in [-0.15, -0.1) is 24.0 Å². The second-order valence-electron chi connectivity index (χ2n) is 5.55. The van der Waals surface area contributed by atoms with Gasteiger partial charge in [0.15, 0.2) is 5.96 Å². The number of furan rings is 1. The average Bonchev–Trinajstić information content (AvgIpc) is 3.14. The first kappa shape index (κ1) is 18.3. The lowest BCUT2D eigenvalue weighted by Crippen LogP contribution is -2.38. The van der Waals surface area contributed by atoms with Gasteiger partial charge in [-0.3, -0.25) is 4.99 Å². The summed E-state index contributed by atoms with van der Waals surface area (Å²) < 4.78 is 5.30. The molecule has 0 saturated heterocycles. The third-order valence-corrected chi connectivity index (χ3v) is 4.02. The molecule has 5 heteroatoms. The summed E-state index contributed by atoms with van der Waals surface area (Å²) in [4.78, 5) is 4.24. The third-order valence-electron chi connectivity index (χ3n) is 4.02. The molecule has 21 heavy (non-hydrogen) atoms. The van der Waals surface area contributed by atoms with E-state index in [1.807, 2.05) is 19.2 Å². The van der Waals surface area contributed by atoms with E-state index < -0.39 is 0 Å². The Morgan fingerprint density at radius 3 is 2.71 bits per heavy atom. The van der Waals surface area contributed by atoms with Gasteiger partial charge in [0.2, 0.25) is 0 Å². The van der Waals surface area contributed by atoms with Gasteiger partial charge in [0, 0.05) is 26.6 Å². The topological polar surface area (TPSA) is 49.6 Å². The molecule has 0 aromatic carbocycles. The lowest BCUT2D eigenvalue weighted by atomic mass is 10.0. The van der Waals surface area contributed by atoms with Crippen molar-refractivity contribution < 1.29 is 4.42 Å². The predicted octanol–water partition coefficient (Wildman–Crippen LogP) is 3.58. The minimum Gasteiger partial charge on any atom is -0.469 e. The van der Waals surface area contributed by atoms with E-state index in [4.69, 9.17) is 4.42 Å². The van der Waals surface area contributed by atoms with Crippen LogP contribution in [-0.4, -0.2) is 26.1 Å². The zero-order valence-corrected chi connectivity index (χ0v) is 15.3. The van der Waals surface area contributed by atoms with Crippen LogP contribution in [0.5, 0.6) is 0 Å². The SMILES string of the molecule is CN=C(NCCCC1CCCC1)NCCc1ccco1.I. The number of hydrogen-bond acceptors (Lipinski definition) is 2. The van der Waals surface area contributed by atoms with E-state index >= 15 is 0 Å². The van der Waals surface area contributed by atoms with Gasteiger partial charge in [0.25, 0.3) is 0 Å². The van der Waals surface area contributed by atoms with Gasteiger partial charge in [0.05, 0.1) is 6.26 Å². The molecule has 1 aromatic rings. The Bertz CT molecular complexity index is 386. The van der Waals surface area contributed by atoms with Gasteiger partial charge in [0.1, 0.15) is 5.76 Å². The van der Waals surface area contributed by atoms with Crippen LogP contribution in [0.15, 0.2) is 27.8 Å². The summed E-state index contributed by atoms with van der Waals surface area (Å²) in [6.45, 7) is 1.85. The highest BCUT2D eigenvalue weighted by molar-refractivity contribution is 14.0. The molecule has 0 spiro atoms. The molecule has 0 aliphatic heterocycles. The van der Waals surface area contributed by atoms with Crippen LogP contribution < -0.4 is 10.6 Å². The lowest BCUT2D eigenvalue weighted by Gasteiger charge is -2.13. The molecule has 0 amide bonds. The van der Waals surface area contributed by atoms with Crippen molar-refractivity contribution in [1.29, 1.82) is 0 Å². The zero-order valence-electron chi connectivity index (χ0n) is 12.9. The Hall–Kier alpha value is -0.720. The van der Waals surface area contributed by atoms with Crippen LogP contribution >= 0.6 is 24.0 Å². The van der Waals surface area contributed by atoms with Crippen molar-refractivity contribution in [2.75, 3.05) is 20.1 Å². The summed E-state index contributed by atoms with van der Waals surface area (Å²) >= 11 is 0. The Morgan fingerprint density at radius 2 is 2.05 bits per heavy atom. The minimum atomic E-state index is 0. The summed E-state index contributed by atoms with van der Waals surface area (Å²) in [6, 6.07) is 3.92. The standard InChI is InChI=1S/C16H27N3O.HI/c1-17-16(19-12-10-15-9-5-13-20-15)18-11-4-8-14-6-2-3-7-14;/h5,9,13-14H,2-4,6-8,10-12H2,1H3,(H2,17,18,19);1H. The van der Waals surface area contributed by atoms with Crippen LogP contribution in [0.3, 0.4) is 0 Å². The van der Waals surface area contributed by atoms with Crippen LogP contribution in [0, 0.1) is 5.92 Å². The van der Waals surface area contributed by atoms with E-state index in [0.29, 0.717) is 0 Å². The van der Waals surface area contributed by atoms with Crippen molar-refractivity contribution in [3.8, 4) is 0 Å². The molecule has 0 radical (unpaired) electrons. The highest BCUT2D eigenvalue weighted by Gasteiger charge is 2.13. The Balaban J connectivity index is 0.00000220. The second-order valence-corrected chi connectivity index (χ2v) is 5.55. The molecule has 1 fully saturated rings. The van der Waals surface area contributed by atoms with Crippen molar-refractivity contribution in [2.24, 2.45) is 10.9 Å². The smallest absolute Gasteiger partial charge is 0.190 e. The van der Waals surface area contributed by atoms with E-state index in [2.05, 4.69) is 15.6 Å². The van der Waals surface area contributed by atoms with Gasteiger partial charge < -0.3 is 15.1 Å². The van der Waals surface area contributed by atoms with Crippen molar-refractivity contribution in [3.63, 3.8) is 0 Å². The number of hydrogen-bond donors (Lipinski definition) is 2. The molecule has 120 valence electrons. The fourth-order valence-corrected chi connectivity index (χ4v) is 2.88. The van der Waals surface area contributed by atoms with E-state index in [9.17, 15) is 0 Å². The van der Waals surface area contributed by atoms with Crippen LogP contribution in [0.1, 0.15) is 44.3 Å². The van der Waals surface area contributed by atoms with E-state index in [1.54, 1.807) is 6.26 Å². The maximum atomic E-state index is 5.30. The molecule has 1 saturated carbocycles. The van der Waals surface area contributed by atoms with Crippen molar-refractivity contribution >= 4 is 29.9 Å². The van der Waals surface area contributed by atoms with E-state index in [-0.39, 0.29) is 24.0 Å². The molecule has 0 atom stereocenters. The Morgan fingerprint density at radius 1 is 1.29 bits per heavy atom.